The molecule has 2 amide bonds. The normalized spacial score (nSPS) is 19.7. The Balaban J connectivity index is 1.90. The summed E-state index contributed by atoms with van der Waals surface area (Å²) in [5.74, 6) is 0.0630. The molecule has 0 radical (unpaired) electrons. The summed E-state index contributed by atoms with van der Waals surface area (Å²) in [5, 5.41) is 3.16. The number of nitrogens with one attached hydrogen (secondary N) is 1. The van der Waals surface area contributed by atoms with Gasteiger partial charge in [0.05, 0.1) is 5.92 Å². The minimum atomic E-state index is -0.0788. The average Bonchev–Trinajstić information content (AvgIpc) is 2.55. The molecular formula is C20H30N2O2. The molecule has 1 aliphatic rings. The molecule has 0 bridgehead atoms. The van der Waals surface area contributed by atoms with Gasteiger partial charge < -0.3 is 10.2 Å². The van der Waals surface area contributed by atoms with Crippen LogP contribution in [0.25, 0.3) is 0 Å². The first kappa shape index (κ1) is 18.5. The number of amides is 2. The van der Waals surface area contributed by atoms with Crippen LogP contribution in [0.3, 0.4) is 0 Å². The van der Waals surface area contributed by atoms with Crippen molar-refractivity contribution in [1.82, 2.24) is 10.2 Å². The SMILES string of the molecule is CC(=O)N1CCC[C@H](C(=O)N[C@@H](C)CC(C)(C)c2ccccc2)C1. The molecule has 0 aromatic heterocycles. The van der Waals surface area contributed by atoms with Gasteiger partial charge in [0.15, 0.2) is 0 Å². The van der Waals surface area contributed by atoms with E-state index in [0.29, 0.717) is 6.54 Å². The molecule has 0 spiro atoms. The molecule has 1 fully saturated rings. The predicted molar refractivity (Wildman–Crippen MR) is 96.7 cm³/mol. The Labute approximate surface area is 145 Å². The molecule has 1 aliphatic heterocycles. The molecule has 1 aromatic carbocycles. The van der Waals surface area contributed by atoms with Crippen LogP contribution in [0.1, 0.15) is 52.5 Å². The zero-order valence-electron chi connectivity index (χ0n) is 15.3. The van der Waals surface area contributed by atoms with Gasteiger partial charge in [-0.3, -0.25) is 9.59 Å². The van der Waals surface area contributed by atoms with Gasteiger partial charge in [0.2, 0.25) is 11.8 Å². The van der Waals surface area contributed by atoms with Gasteiger partial charge in [0.1, 0.15) is 0 Å². The monoisotopic (exact) mass is 330 g/mol. The summed E-state index contributed by atoms with van der Waals surface area (Å²) in [5.41, 5.74) is 1.29. The van der Waals surface area contributed by atoms with Gasteiger partial charge in [-0.1, -0.05) is 44.2 Å². The van der Waals surface area contributed by atoms with Crippen LogP contribution in [0.5, 0.6) is 0 Å². The zero-order chi connectivity index (χ0) is 17.7. The maximum absolute atomic E-state index is 12.5. The molecule has 4 heteroatoms. The Morgan fingerprint density at radius 3 is 2.58 bits per heavy atom. The van der Waals surface area contributed by atoms with Gasteiger partial charge in [-0.15, -0.1) is 0 Å². The third kappa shape index (κ3) is 4.83. The maximum atomic E-state index is 12.5. The molecule has 1 saturated heterocycles. The Bertz CT molecular complexity index is 568. The first-order valence-electron chi connectivity index (χ1n) is 8.91. The molecule has 2 atom stereocenters. The largest absolute Gasteiger partial charge is 0.353 e. The number of carbonyl (C=O) groups is 2. The number of likely N-dealkylation sites (tertiary alicyclic amines) is 1. The molecule has 0 saturated carbocycles. The van der Waals surface area contributed by atoms with E-state index >= 15 is 0 Å². The lowest BCUT2D eigenvalue weighted by Crippen LogP contribution is -2.47. The van der Waals surface area contributed by atoms with E-state index in [2.05, 4.69) is 50.4 Å². The topological polar surface area (TPSA) is 49.4 Å². The Morgan fingerprint density at radius 2 is 1.96 bits per heavy atom. The summed E-state index contributed by atoms with van der Waals surface area (Å²) in [6.45, 7) is 9.39. The highest BCUT2D eigenvalue weighted by Gasteiger charge is 2.29. The van der Waals surface area contributed by atoms with Crippen molar-refractivity contribution in [3.05, 3.63) is 35.9 Å². The van der Waals surface area contributed by atoms with Crippen LogP contribution in [-0.2, 0) is 15.0 Å². The minimum absolute atomic E-state index is 0.00589. The highest BCUT2D eigenvalue weighted by Crippen LogP contribution is 2.28. The fraction of sp³-hybridized carbons (Fsp3) is 0.600. The van der Waals surface area contributed by atoms with Crippen molar-refractivity contribution in [3.63, 3.8) is 0 Å². The highest BCUT2D eigenvalue weighted by molar-refractivity contribution is 5.80. The first-order valence-corrected chi connectivity index (χ1v) is 8.91. The van der Waals surface area contributed by atoms with Crippen LogP contribution in [-0.4, -0.2) is 35.8 Å². The molecule has 2 rings (SSSR count). The second-order valence-corrected chi connectivity index (χ2v) is 7.67. The number of hydrogen-bond donors (Lipinski definition) is 1. The van der Waals surface area contributed by atoms with E-state index in [1.807, 2.05) is 6.07 Å². The van der Waals surface area contributed by atoms with E-state index in [4.69, 9.17) is 0 Å². The second kappa shape index (κ2) is 7.82. The van der Waals surface area contributed by atoms with Crippen molar-refractivity contribution in [1.29, 1.82) is 0 Å². The molecule has 4 nitrogen and oxygen atoms in total. The van der Waals surface area contributed by atoms with Gasteiger partial charge in [0, 0.05) is 26.1 Å². The molecule has 0 aliphatic carbocycles. The van der Waals surface area contributed by atoms with Crippen molar-refractivity contribution in [2.45, 2.75) is 58.4 Å². The van der Waals surface area contributed by atoms with Crippen molar-refractivity contribution in [2.24, 2.45) is 5.92 Å². The summed E-state index contributed by atoms with van der Waals surface area (Å²) in [6.07, 6.45) is 2.65. The third-order valence-electron chi connectivity index (χ3n) is 5.00. The van der Waals surface area contributed by atoms with Gasteiger partial charge in [0.25, 0.3) is 0 Å². The quantitative estimate of drug-likeness (QED) is 0.902. The van der Waals surface area contributed by atoms with Gasteiger partial charge in [-0.05, 0) is 37.2 Å². The predicted octanol–water partition coefficient (Wildman–Crippen LogP) is 3.12. The molecule has 0 unspecified atom stereocenters. The van der Waals surface area contributed by atoms with Crippen molar-refractivity contribution in [3.8, 4) is 0 Å². The Hall–Kier alpha value is -1.84. The number of nitrogens with zero attached hydrogens (tertiary/aromatic N) is 1. The van der Waals surface area contributed by atoms with Gasteiger partial charge >= 0.3 is 0 Å². The van der Waals surface area contributed by atoms with E-state index in [-0.39, 0.29) is 29.2 Å². The first-order chi connectivity index (χ1) is 11.3. The van der Waals surface area contributed by atoms with E-state index in [1.54, 1.807) is 11.8 Å². The van der Waals surface area contributed by atoms with E-state index < -0.39 is 0 Å². The number of carbonyl (C=O) groups excluding carboxylic acids is 2. The standard InChI is InChI=1S/C20H30N2O2/c1-15(13-20(3,4)18-10-6-5-7-11-18)21-19(24)17-9-8-12-22(14-17)16(2)23/h5-7,10-11,15,17H,8-9,12-14H2,1-4H3,(H,21,24)/t15-,17-/m0/s1. The summed E-state index contributed by atoms with van der Waals surface area (Å²) in [6, 6.07) is 10.5. The van der Waals surface area contributed by atoms with Crippen LogP contribution >= 0.6 is 0 Å². The maximum Gasteiger partial charge on any atom is 0.225 e. The lowest BCUT2D eigenvalue weighted by atomic mass is 9.79. The fourth-order valence-corrected chi connectivity index (χ4v) is 3.66. The average molecular weight is 330 g/mol. The highest BCUT2D eigenvalue weighted by atomic mass is 16.2. The van der Waals surface area contributed by atoms with Gasteiger partial charge in [-0.25, -0.2) is 0 Å². The smallest absolute Gasteiger partial charge is 0.225 e. The molecule has 24 heavy (non-hydrogen) atoms. The van der Waals surface area contributed by atoms with Crippen molar-refractivity contribution < 1.29 is 9.59 Å². The molecular weight excluding hydrogens is 300 g/mol. The molecule has 1 heterocycles. The second-order valence-electron chi connectivity index (χ2n) is 7.67. The Kier molecular flexibility index (Phi) is 6.03. The van der Waals surface area contributed by atoms with E-state index in [1.165, 1.54) is 5.56 Å². The van der Waals surface area contributed by atoms with Crippen molar-refractivity contribution >= 4 is 11.8 Å². The van der Waals surface area contributed by atoms with Crippen LogP contribution in [0.4, 0.5) is 0 Å². The molecule has 1 N–H and O–H groups in total. The Morgan fingerprint density at radius 1 is 1.29 bits per heavy atom. The van der Waals surface area contributed by atoms with Crippen LogP contribution in [0.15, 0.2) is 30.3 Å². The molecule has 1 aromatic rings. The lowest BCUT2D eigenvalue weighted by Gasteiger charge is -2.33. The van der Waals surface area contributed by atoms with E-state index in [9.17, 15) is 9.59 Å². The van der Waals surface area contributed by atoms with Crippen molar-refractivity contribution in [2.75, 3.05) is 13.1 Å². The summed E-state index contributed by atoms with van der Waals surface area (Å²) < 4.78 is 0. The molecule has 132 valence electrons. The number of hydrogen-bond acceptors (Lipinski definition) is 2. The van der Waals surface area contributed by atoms with Crippen LogP contribution < -0.4 is 5.32 Å². The summed E-state index contributed by atoms with van der Waals surface area (Å²) >= 11 is 0. The minimum Gasteiger partial charge on any atom is -0.353 e. The summed E-state index contributed by atoms with van der Waals surface area (Å²) in [7, 11) is 0. The number of benzene rings is 1. The number of rotatable bonds is 5. The fourth-order valence-electron chi connectivity index (χ4n) is 3.66. The van der Waals surface area contributed by atoms with Gasteiger partial charge in [-0.2, -0.15) is 0 Å². The summed E-state index contributed by atoms with van der Waals surface area (Å²) in [4.78, 5) is 25.9. The van der Waals surface area contributed by atoms with Crippen LogP contribution in [0, 0.1) is 5.92 Å². The zero-order valence-corrected chi connectivity index (χ0v) is 15.3. The lowest BCUT2D eigenvalue weighted by molar-refractivity contribution is -0.134. The number of piperidine rings is 1. The van der Waals surface area contributed by atoms with Crippen LogP contribution in [0.2, 0.25) is 0 Å². The van der Waals surface area contributed by atoms with E-state index in [0.717, 1.165) is 25.8 Å². The third-order valence-corrected chi connectivity index (χ3v) is 5.00.